The van der Waals surface area contributed by atoms with Gasteiger partial charge >= 0.3 is 0 Å². The van der Waals surface area contributed by atoms with Gasteiger partial charge in [0.2, 0.25) is 0 Å². The van der Waals surface area contributed by atoms with E-state index >= 15 is 0 Å². The third-order valence-electron chi connectivity index (χ3n) is 2.99. The zero-order chi connectivity index (χ0) is 13.2. The predicted octanol–water partition coefficient (Wildman–Crippen LogP) is 1.62. The monoisotopic (exact) mass is 287 g/mol. The molecule has 1 aliphatic heterocycles. The summed E-state index contributed by atoms with van der Waals surface area (Å²) in [5.74, 6) is 0. The minimum absolute atomic E-state index is 0.0473. The normalized spacial score (nSPS) is 17.8. The van der Waals surface area contributed by atoms with Gasteiger partial charge in [0.25, 0.3) is 10.0 Å². The summed E-state index contributed by atoms with van der Waals surface area (Å²) in [6, 6.07) is 3.41. The molecule has 1 aromatic heterocycles. The van der Waals surface area contributed by atoms with E-state index in [9.17, 15) is 8.42 Å². The van der Waals surface area contributed by atoms with Crippen LogP contribution in [0.15, 0.2) is 28.0 Å². The molecule has 0 amide bonds. The lowest BCUT2D eigenvalue weighted by atomic mass is 10.1. The van der Waals surface area contributed by atoms with Crippen molar-refractivity contribution in [1.29, 1.82) is 0 Å². The topological polar surface area (TPSA) is 57.6 Å². The van der Waals surface area contributed by atoms with E-state index in [1.165, 1.54) is 21.2 Å². The molecule has 0 saturated carbocycles. The Kier molecular flexibility index (Phi) is 4.21. The van der Waals surface area contributed by atoms with Crippen LogP contribution in [0.25, 0.3) is 0 Å². The van der Waals surface area contributed by atoms with E-state index in [1.807, 2.05) is 13.0 Å². The first kappa shape index (κ1) is 13.7. The van der Waals surface area contributed by atoms with E-state index in [0.717, 1.165) is 11.3 Å². The molecule has 1 aliphatic rings. The van der Waals surface area contributed by atoms with Crippen LogP contribution >= 0.6 is 11.3 Å². The number of rotatable bonds is 4. The Morgan fingerprint density at radius 1 is 1.44 bits per heavy atom. The van der Waals surface area contributed by atoms with Gasteiger partial charge in [0.1, 0.15) is 4.21 Å². The molecule has 0 unspecified atom stereocenters. The first-order chi connectivity index (χ1) is 8.54. The van der Waals surface area contributed by atoms with Gasteiger partial charge in [-0.15, -0.1) is 11.3 Å². The van der Waals surface area contributed by atoms with Crippen LogP contribution in [0.2, 0.25) is 0 Å². The number of aliphatic hydroxyl groups excluding tert-OH is 1. The van der Waals surface area contributed by atoms with E-state index in [1.54, 1.807) is 12.1 Å². The smallest absolute Gasteiger partial charge is 0.252 e. The SMILES string of the molecule is CC1=CCN(S(=O)(=O)c2ccc(CCO)s2)CC1. The van der Waals surface area contributed by atoms with Crippen molar-refractivity contribution in [3.63, 3.8) is 0 Å². The molecule has 0 aliphatic carbocycles. The Morgan fingerprint density at radius 2 is 2.22 bits per heavy atom. The fraction of sp³-hybridized carbons (Fsp3) is 0.500. The number of thiophene rings is 1. The molecule has 2 rings (SSSR count). The summed E-state index contributed by atoms with van der Waals surface area (Å²) in [6.07, 6.45) is 3.27. The van der Waals surface area contributed by atoms with Crippen molar-refractivity contribution in [3.8, 4) is 0 Å². The van der Waals surface area contributed by atoms with Gasteiger partial charge in [-0.25, -0.2) is 8.42 Å². The van der Waals surface area contributed by atoms with Crippen LogP contribution < -0.4 is 0 Å². The molecular weight excluding hydrogens is 270 g/mol. The standard InChI is InChI=1S/C12H17NO3S2/c1-10-4-7-13(8-5-10)18(15,16)12-3-2-11(17-12)6-9-14/h2-4,14H,5-9H2,1H3. The Bertz CT molecular complexity index is 545. The maximum absolute atomic E-state index is 12.4. The van der Waals surface area contributed by atoms with Gasteiger partial charge in [0.15, 0.2) is 0 Å². The largest absolute Gasteiger partial charge is 0.396 e. The molecule has 1 N–H and O–H groups in total. The maximum atomic E-state index is 12.4. The van der Waals surface area contributed by atoms with Crippen molar-refractivity contribution in [2.75, 3.05) is 19.7 Å². The quantitative estimate of drug-likeness (QED) is 0.856. The molecule has 0 saturated heterocycles. The number of hydrogen-bond acceptors (Lipinski definition) is 4. The predicted molar refractivity (Wildman–Crippen MR) is 72.2 cm³/mol. The Hall–Kier alpha value is -0.690. The van der Waals surface area contributed by atoms with E-state index < -0.39 is 10.0 Å². The first-order valence-corrected chi connectivity index (χ1v) is 8.15. The van der Waals surface area contributed by atoms with Crippen molar-refractivity contribution in [1.82, 2.24) is 4.31 Å². The van der Waals surface area contributed by atoms with E-state index in [2.05, 4.69) is 0 Å². The second kappa shape index (κ2) is 5.52. The molecule has 2 heterocycles. The van der Waals surface area contributed by atoms with E-state index in [-0.39, 0.29) is 6.61 Å². The zero-order valence-electron chi connectivity index (χ0n) is 10.3. The highest BCUT2D eigenvalue weighted by molar-refractivity contribution is 7.91. The second-order valence-corrected chi connectivity index (χ2v) is 7.69. The van der Waals surface area contributed by atoms with Gasteiger partial charge in [-0.3, -0.25) is 0 Å². The molecule has 0 fully saturated rings. The van der Waals surface area contributed by atoms with Crippen LogP contribution in [0.3, 0.4) is 0 Å². The molecule has 0 radical (unpaired) electrons. The molecule has 100 valence electrons. The van der Waals surface area contributed by atoms with Crippen LogP contribution in [-0.2, 0) is 16.4 Å². The Morgan fingerprint density at radius 3 is 2.83 bits per heavy atom. The highest BCUT2D eigenvalue weighted by atomic mass is 32.2. The van der Waals surface area contributed by atoms with Gasteiger partial charge in [0.05, 0.1) is 0 Å². The highest BCUT2D eigenvalue weighted by Crippen LogP contribution is 2.26. The second-order valence-electron chi connectivity index (χ2n) is 4.36. The van der Waals surface area contributed by atoms with Gasteiger partial charge in [-0.2, -0.15) is 4.31 Å². The van der Waals surface area contributed by atoms with Crippen molar-refractivity contribution >= 4 is 21.4 Å². The summed E-state index contributed by atoms with van der Waals surface area (Å²) in [6.45, 7) is 3.08. The van der Waals surface area contributed by atoms with Gasteiger partial charge < -0.3 is 5.11 Å². The minimum atomic E-state index is -3.36. The number of sulfonamides is 1. The number of nitrogens with zero attached hydrogens (tertiary/aromatic N) is 1. The van der Waals surface area contributed by atoms with Crippen LogP contribution in [0, 0.1) is 0 Å². The summed E-state index contributed by atoms with van der Waals surface area (Å²) in [5, 5.41) is 8.85. The minimum Gasteiger partial charge on any atom is -0.396 e. The van der Waals surface area contributed by atoms with Crippen LogP contribution in [-0.4, -0.2) is 37.5 Å². The molecule has 1 aromatic rings. The number of aliphatic hydroxyl groups is 1. The fourth-order valence-electron chi connectivity index (χ4n) is 1.84. The van der Waals surface area contributed by atoms with Gasteiger partial charge in [-0.1, -0.05) is 11.6 Å². The maximum Gasteiger partial charge on any atom is 0.252 e. The average Bonchev–Trinajstić information content (AvgIpc) is 2.79. The average molecular weight is 287 g/mol. The van der Waals surface area contributed by atoms with Crippen molar-refractivity contribution in [3.05, 3.63) is 28.7 Å². The lowest BCUT2D eigenvalue weighted by Crippen LogP contribution is -2.34. The molecule has 6 heteroatoms. The molecular formula is C12H17NO3S2. The van der Waals surface area contributed by atoms with Crippen LogP contribution in [0.5, 0.6) is 0 Å². The van der Waals surface area contributed by atoms with Crippen molar-refractivity contribution in [2.24, 2.45) is 0 Å². The molecule has 0 spiro atoms. The Balaban J connectivity index is 2.19. The summed E-state index contributed by atoms with van der Waals surface area (Å²) in [5.41, 5.74) is 1.24. The van der Waals surface area contributed by atoms with E-state index in [0.29, 0.717) is 23.7 Å². The highest BCUT2D eigenvalue weighted by Gasteiger charge is 2.26. The molecule has 0 bridgehead atoms. The molecule has 0 atom stereocenters. The summed E-state index contributed by atoms with van der Waals surface area (Å²) in [4.78, 5) is 0.903. The third kappa shape index (κ3) is 2.83. The number of hydrogen-bond donors (Lipinski definition) is 1. The zero-order valence-corrected chi connectivity index (χ0v) is 11.9. The van der Waals surface area contributed by atoms with Crippen molar-refractivity contribution in [2.45, 2.75) is 24.0 Å². The Labute approximate surface area is 112 Å². The summed E-state index contributed by atoms with van der Waals surface area (Å²) < 4.78 is 26.6. The van der Waals surface area contributed by atoms with Crippen LogP contribution in [0.4, 0.5) is 0 Å². The molecule has 0 aromatic carbocycles. The van der Waals surface area contributed by atoms with Gasteiger partial charge in [0, 0.05) is 31.0 Å². The lowest BCUT2D eigenvalue weighted by Gasteiger charge is -2.23. The summed E-state index contributed by atoms with van der Waals surface area (Å²) >= 11 is 1.25. The van der Waals surface area contributed by atoms with Gasteiger partial charge in [-0.05, 0) is 25.5 Å². The molecule has 4 nitrogen and oxygen atoms in total. The summed E-state index contributed by atoms with van der Waals surface area (Å²) in [7, 11) is -3.36. The molecule has 18 heavy (non-hydrogen) atoms. The van der Waals surface area contributed by atoms with E-state index in [4.69, 9.17) is 5.11 Å². The first-order valence-electron chi connectivity index (χ1n) is 5.89. The fourth-order valence-corrected chi connectivity index (χ4v) is 4.72. The third-order valence-corrected chi connectivity index (χ3v) is 6.47. The lowest BCUT2D eigenvalue weighted by molar-refractivity contribution is 0.300. The van der Waals surface area contributed by atoms with Crippen LogP contribution in [0.1, 0.15) is 18.2 Å². The van der Waals surface area contributed by atoms with Crippen molar-refractivity contribution < 1.29 is 13.5 Å².